The first-order valence-corrected chi connectivity index (χ1v) is 8.87. The summed E-state index contributed by atoms with van der Waals surface area (Å²) in [6.45, 7) is 3.84. The lowest BCUT2D eigenvalue weighted by Gasteiger charge is -2.34. The van der Waals surface area contributed by atoms with E-state index >= 15 is 0 Å². The minimum absolute atomic E-state index is 0.0741. The lowest BCUT2D eigenvalue weighted by Crippen LogP contribution is -2.52. The van der Waals surface area contributed by atoms with Crippen LogP contribution in [0.5, 0.6) is 0 Å². The number of hydrogen-bond acceptors (Lipinski definition) is 4. The number of carbonyl (C=O) groups excluding carboxylic acids is 1. The van der Waals surface area contributed by atoms with Crippen molar-refractivity contribution in [3.63, 3.8) is 0 Å². The average Bonchev–Trinajstić information content (AvgIpc) is 3.13. The fourth-order valence-electron chi connectivity index (χ4n) is 3.56. The number of rotatable bonds is 5. The third-order valence-corrected chi connectivity index (χ3v) is 4.94. The van der Waals surface area contributed by atoms with Gasteiger partial charge < -0.3 is 15.1 Å². The third kappa shape index (κ3) is 4.56. The molecule has 6 heteroatoms. The van der Waals surface area contributed by atoms with Crippen molar-refractivity contribution in [1.82, 2.24) is 20.2 Å². The van der Waals surface area contributed by atoms with Crippen LogP contribution >= 0.6 is 0 Å². The minimum atomic E-state index is 0.0741. The molecule has 2 aliphatic rings. The first-order chi connectivity index (χ1) is 11.3. The Balaban J connectivity index is 1.33. The molecule has 1 aromatic rings. The Morgan fingerprint density at radius 1 is 1.13 bits per heavy atom. The number of piperazine rings is 1. The molecule has 1 N–H and O–H groups in total. The Bertz CT molecular complexity index is 481. The molecule has 0 unspecified atom stereocenters. The highest BCUT2D eigenvalue weighted by Gasteiger charge is 2.22. The summed E-state index contributed by atoms with van der Waals surface area (Å²) in [7, 11) is 0. The summed E-state index contributed by atoms with van der Waals surface area (Å²) in [5.74, 6) is 1.66. The maximum absolute atomic E-state index is 12.2. The van der Waals surface area contributed by atoms with Gasteiger partial charge in [-0.25, -0.2) is 14.8 Å². The van der Waals surface area contributed by atoms with Crippen molar-refractivity contribution in [3.8, 4) is 0 Å². The molecule has 0 bridgehead atoms. The number of aromatic nitrogens is 2. The molecule has 126 valence electrons. The standard InChI is InChI=1S/C17H27N5O/c23-17(20-8-3-7-15-5-1-2-6-15)22-13-11-21(12-14-22)16-18-9-4-10-19-16/h4,9-10,15H,1-3,5-8,11-14H2,(H,20,23). The van der Waals surface area contributed by atoms with Crippen LogP contribution in [0.25, 0.3) is 0 Å². The smallest absolute Gasteiger partial charge is 0.317 e. The van der Waals surface area contributed by atoms with Crippen molar-refractivity contribution in [3.05, 3.63) is 18.5 Å². The Labute approximate surface area is 138 Å². The van der Waals surface area contributed by atoms with Gasteiger partial charge in [0.25, 0.3) is 0 Å². The summed E-state index contributed by atoms with van der Waals surface area (Å²) >= 11 is 0. The first-order valence-electron chi connectivity index (χ1n) is 8.87. The summed E-state index contributed by atoms with van der Waals surface area (Å²) in [5, 5.41) is 3.07. The molecule has 1 saturated carbocycles. The van der Waals surface area contributed by atoms with Crippen molar-refractivity contribution < 1.29 is 4.79 Å². The number of carbonyl (C=O) groups is 1. The zero-order valence-corrected chi connectivity index (χ0v) is 13.8. The summed E-state index contributed by atoms with van der Waals surface area (Å²) < 4.78 is 0. The topological polar surface area (TPSA) is 61.4 Å². The van der Waals surface area contributed by atoms with E-state index in [4.69, 9.17) is 0 Å². The molecule has 0 atom stereocenters. The second-order valence-corrected chi connectivity index (χ2v) is 6.55. The van der Waals surface area contributed by atoms with E-state index in [1.54, 1.807) is 12.4 Å². The van der Waals surface area contributed by atoms with Gasteiger partial charge in [0.15, 0.2) is 0 Å². The third-order valence-electron chi connectivity index (χ3n) is 4.94. The van der Waals surface area contributed by atoms with Gasteiger partial charge in [0.05, 0.1) is 0 Å². The second kappa shape index (κ2) is 8.13. The first kappa shape index (κ1) is 16.0. The quantitative estimate of drug-likeness (QED) is 0.846. The molecule has 0 radical (unpaired) electrons. The molecule has 0 spiro atoms. The largest absolute Gasteiger partial charge is 0.338 e. The lowest BCUT2D eigenvalue weighted by molar-refractivity contribution is 0.193. The second-order valence-electron chi connectivity index (χ2n) is 6.55. The fraction of sp³-hybridized carbons (Fsp3) is 0.706. The Kier molecular flexibility index (Phi) is 5.66. The molecule has 23 heavy (non-hydrogen) atoms. The predicted octanol–water partition coefficient (Wildman–Crippen LogP) is 2.28. The molecule has 3 rings (SSSR count). The number of hydrogen-bond donors (Lipinski definition) is 1. The van der Waals surface area contributed by atoms with Gasteiger partial charge in [-0.15, -0.1) is 0 Å². The van der Waals surface area contributed by atoms with Crippen LogP contribution in [0.1, 0.15) is 38.5 Å². The average molecular weight is 317 g/mol. The van der Waals surface area contributed by atoms with Crippen LogP contribution in [0.3, 0.4) is 0 Å². The minimum Gasteiger partial charge on any atom is -0.338 e. The van der Waals surface area contributed by atoms with Gasteiger partial charge in [-0.2, -0.15) is 0 Å². The lowest BCUT2D eigenvalue weighted by atomic mass is 10.0. The zero-order valence-electron chi connectivity index (χ0n) is 13.8. The Morgan fingerprint density at radius 2 is 1.83 bits per heavy atom. The molecule has 1 aliphatic heterocycles. The maximum Gasteiger partial charge on any atom is 0.317 e. The summed E-state index contributed by atoms with van der Waals surface area (Å²) in [5.41, 5.74) is 0. The van der Waals surface area contributed by atoms with Crippen LogP contribution in [0.2, 0.25) is 0 Å². The van der Waals surface area contributed by atoms with Crippen molar-refractivity contribution >= 4 is 12.0 Å². The van der Waals surface area contributed by atoms with Crippen LogP contribution in [-0.4, -0.2) is 53.6 Å². The van der Waals surface area contributed by atoms with E-state index in [-0.39, 0.29) is 6.03 Å². The molecule has 2 fully saturated rings. The normalized spacial score (nSPS) is 19.1. The molecule has 1 saturated heterocycles. The van der Waals surface area contributed by atoms with Crippen LogP contribution < -0.4 is 10.2 Å². The van der Waals surface area contributed by atoms with Crippen LogP contribution in [-0.2, 0) is 0 Å². The highest BCUT2D eigenvalue weighted by Crippen LogP contribution is 2.28. The fourth-order valence-corrected chi connectivity index (χ4v) is 3.56. The van der Waals surface area contributed by atoms with Crippen molar-refractivity contribution in [2.24, 2.45) is 5.92 Å². The molecule has 2 amide bonds. The van der Waals surface area contributed by atoms with E-state index in [9.17, 15) is 4.79 Å². The van der Waals surface area contributed by atoms with E-state index in [2.05, 4.69) is 20.2 Å². The molecular weight excluding hydrogens is 290 g/mol. The number of anilines is 1. The molecule has 1 aromatic heterocycles. The van der Waals surface area contributed by atoms with E-state index in [0.717, 1.165) is 51.0 Å². The Hall–Kier alpha value is -1.85. The number of urea groups is 1. The van der Waals surface area contributed by atoms with Crippen molar-refractivity contribution in [2.75, 3.05) is 37.6 Å². The number of amides is 2. The van der Waals surface area contributed by atoms with Gasteiger partial charge in [-0.1, -0.05) is 25.7 Å². The predicted molar refractivity (Wildman–Crippen MR) is 90.4 cm³/mol. The van der Waals surface area contributed by atoms with Crippen molar-refractivity contribution in [1.29, 1.82) is 0 Å². The van der Waals surface area contributed by atoms with Gasteiger partial charge in [0.1, 0.15) is 0 Å². The van der Waals surface area contributed by atoms with E-state index in [1.165, 1.54) is 32.1 Å². The van der Waals surface area contributed by atoms with Gasteiger partial charge in [-0.05, 0) is 24.8 Å². The van der Waals surface area contributed by atoms with Gasteiger partial charge in [-0.3, -0.25) is 0 Å². The van der Waals surface area contributed by atoms with Crippen molar-refractivity contribution in [2.45, 2.75) is 38.5 Å². The number of nitrogens with one attached hydrogen (secondary N) is 1. The summed E-state index contributed by atoms with van der Waals surface area (Å²) in [4.78, 5) is 24.8. The van der Waals surface area contributed by atoms with Crippen LogP contribution in [0.15, 0.2) is 18.5 Å². The maximum atomic E-state index is 12.2. The highest BCUT2D eigenvalue weighted by atomic mass is 16.2. The molecule has 6 nitrogen and oxygen atoms in total. The van der Waals surface area contributed by atoms with E-state index in [1.807, 2.05) is 11.0 Å². The van der Waals surface area contributed by atoms with Crippen LogP contribution in [0.4, 0.5) is 10.7 Å². The van der Waals surface area contributed by atoms with Gasteiger partial charge in [0, 0.05) is 45.1 Å². The molecule has 2 heterocycles. The van der Waals surface area contributed by atoms with E-state index < -0.39 is 0 Å². The van der Waals surface area contributed by atoms with Crippen LogP contribution in [0, 0.1) is 5.92 Å². The Morgan fingerprint density at radius 3 is 2.52 bits per heavy atom. The van der Waals surface area contributed by atoms with E-state index in [0.29, 0.717) is 0 Å². The van der Waals surface area contributed by atoms with Gasteiger partial charge >= 0.3 is 6.03 Å². The molecule has 0 aromatic carbocycles. The molecule has 1 aliphatic carbocycles. The summed E-state index contributed by atoms with van der Waals surface area (Å²) in [6, 6.07) is 1.89. The number of nitrogens with zero attached hydrogens (tertiary/aromatic N) is 4. The SMILES string of the molecule is O=C(NCCCC1CCCC1)N1CCN(c2ncccn2)CC1. The monoisotopic (exact) mass is 317 g/mol. The van der Waals surface area contributed by atoms with Gasteiger partial charge in [0.2, 0.25) is 5.95 Å². The summed E-state index contributed by atoms with van der Waals surface area (Å²) in [6.07, 6.45) is 11.4. The zero-order chi connectivity index (χ0) is 15.9. The molecular formula is C17H27N5O. The highest BCUT2D eigenvalue weighted by molar-refractivity contribution is 5.74.